The van der Waals surface area contributed by atoms with Crippen LogP contribution in [0.5, 0.6) is 5.75 Å². The second-order valence-corrected chi connectivity index (χ2v) is 4.88. The van der Waals surface area contributed by atoms with Gasteiger partial charge in [-0.25, -0.2) is 0 Å². The van der Waals surface area contributed by atoms with Crippen LogP contribution in [0.3, 0.4) is 0 Å². The number of phenols is 1. The molecule has 1 aromatic rings. The van der Waals surface area contributed by atoms with Crippen LogP contribution >= 0.6 is 11.6 Å². The standard InChI is InChI=1S/C13H19ClO/c1-10(2)13(14)8-4-6-11-5-3-7-12(15)9-11/h3,5,7,9-10,13,15H,4,6,8H2,1-2H3. The summed E-state index contributed by atoms with van der Waals surface area (Å²) in [6.07, 6.45) is 3.11. The van der Waals surface area contributed by atoms with Gasteiger partial charge in [0.05, 0.1) is 0 Å². The predicted octanol–water partition coefficient (Wildman–Crippen LogP) is 3.98. The quantitative estimate of drug-likeness (QED) is 0.753. The Kier molecular flexibility index (Phi) is 4.97. The molecule has 0 saturated carbocycles. The fraction of sp³-hybridized carbons (Fsp3) is 0.538. The number of halogens is 1. The van der Waals surface area contributed by atoms with Gasteiger partial charge in [-0.3, -0.25) is 0 Å². The van der Waals surface area contributed by atoms with Crippen LogP contribution in [0, 0.1) is 5.92 Å². The van der Waals surface area contributed by atoms with Gasteiger partial charge in [-0.05, 0) is 42.9 Å². The monoisotopic (exact) mass is 226 g/mol. The third-order valence-electron chi connectivity index (χ3n) is 2.58. The second-order valence-electron chi connectivity index (χ2n) is 4.32. The zero-order valence-electron chi connectivity index (χ0n) is 9.41. The van der Waals surface area contributed by atoms with Crippen molar-refractivity contribution in [3.8, 4) is 5.75 Å². The molecular weight excluding hydrogens is 208 g/mol. The van der Waals surface area contributed by atoms with Crippen molar-refractivity contribution in [1.29, 1.82) is 0 Å². The van der Waals surface area contributed by atoms with Crippen LogP contribution in [0.2, 0.25) is 0 Å². The van der Waals surface area contributed by atoms with Crippen LogP contribution in [-0.4, -0.2) is 10.5 Å². The lowest BCUT2D eigenvalue weighted by Gasteiger charge is -2.12. The highest BCUT2D eigenvalue weighted by atomic mass is 35.5. The molecule has 0 aliphatic rings. The lowest BCUT2D eigenvalue weighted by atomic mass is 10.0. The van der Waals surface area contributed by atoms with Crippen LogP contribution < -0.4 is 0 Å². The molecule has 0 amide bonds. The van der Waals surface area contributed by atoms with E-state index in [0.29, 0.717) is 11.7 Å². The normalized spacial score (nSPS) is 13.1. The summed E-state index contributed by atoms with van der Waals surface area (Å²) in [6.45, 7) is 4.29. The maximum Gasteiger partial charge on any atom is 0.115 e. The number of rotatable bonds is 5. The molecule has 0 fully saturated rings. The van der Waals surface area contributed by atoms with E-state index in [9.17, 15) is 5.11 Å². The average molecular weight is 227 g/mol. The van der Waals surface area contributed by atoms with E-state index in [4.69, 9.17) is 11.6 Å². The van der Waals surface area contributed by atoms with Crippen molar-refractivity contribution < 1.29 is 5.11 Å². The lowest BCUT2D eigenvalue weighted by Crippen LogP contribution is -2.07. The average Bonchev–Trinajstić information content (AvgIpc) is 2.17. The maximum absolute atomic E-state index is 9.28. The van der Waals surface area contributed by atoms with Crippen molar-refractivity contribution in [1.82, 2.24) is 0 Å². The molecule has 0 aromatic heterocycles. The smallest absolute Gasteiger partial charge is 0.115 e. The molecule has 1 N–H and O–H groups in total. The Balaban J connectivity index is 2.32. The van der Waals surface area contributed by atoms with Crippen molar-refractivity contribution in [2.75, 3.05) is 0 Å². The number of alkyl halides is 1. The van der Waals surface area contributed by atoms with Crippen LogP contribution in [-0.2, 0) is 6.42 Å². The van der Waals surface area contributed by atoms with E-state index in [-0.39, 0.29) is 5.38 Å². The van der Waals surface area contributed by atoms with Gasteiger partial charge in [0.25, 0.3) is 0 Å². The molecule has 0 saturated heterocycles. The molecule has 0 aliphatic heterocycles. The van der Waals surface area contributed by atoms with Crippen molar-refractivity contribution in [2.24, 2.45) is 5.92 Å². The van der Waals surface area contributed by atoms with Crippen LogP contribution in [0.1, 0.15) is 32.3 Å². The predicted molar refractivity (Wildman–Crippen MR) is 65.5 cm³/mol. The Morgan fingerprint density at radius 3 is 2.67 bits per heavy atom. The summed E-state index contributed by atoms with van der Waals surface area (Å²) >= 11 is 6.16. The Hall–Kier alpha value is -0.690. The number of aromatic hydroxyl groups is 1. The number of benzene rings is 1. The minimum absolute atomic E-state index is 0.266. The molecule has 2 heteroatoms. The van der Waals surface area contributed by atoms with Crippen LogP contribution in [0.15, 0.2) is 24.3 Å². The van der Waals surface area contributed by atoms with Gasteiger partial charge in [-0.2, -0.15) is 0 Å². The fourth-order valence-electron chi connectivity index (χ4n) is 1.55. The van der Waals surface area contributed by atoms with Crippen LogP contribution in [0.25, 0.3) is 0 Å². The second kappa shape index (κ2) is 6.02. The Morgan fingerprint density at radius 2 is 2.07 bits per heavy atom. The molecule has 1 rings (SSSR count). The zero-order chi connectivity index (χ0) is 11.3. The van der Waals surface area contributed by atoms with E-state index < -0.39 is 0 Å². The first-order chi connectivity index (χ1) is 7.09. The van der Waals surface area contributed by atoms with E-state index >= 15 is 0 Å². The van der Waals surface area contributed by atoms with Gasteiger partial charge in [0.2, 0.25) is 0 Å². The summed E-state index contributed by atoms with van der Waals surface area (Å²) in [5, 5.41) is 9.55. The van der Waals surface area contributed by atoms with Crippen molar-refractivity contribution >= 4 is 11.6 Å². The van der Waals surface area contributed by atoms with E-state index in [2.05, 4.69) is 13.8 Å². The molecule has 1 aromatic carbocycles. The number of phenolic OH excluding ortho intramolecular Hbond substituents is 1. The maximum atomic E-state index is 9.28. The lowest BCUT2D eigenvalue weighted by molar-refractivity contribution is 0.474. The molecule has 15 heavy (non-hydrogen) atoms. The molecule has 1 atom stereocenters. The van der Waals surface area contributed by atoms with Gasteiger partial charge in [0, 0.05) is 5.38 Å². The molecular formula is C13H19ClO. The highest BCUT2D eigenvalue weighted by Gasteiger charge is 2.08. The van der Waals surface area contributed by atoms with E-state index in [1.54, 1.807) is 6.07 Å². The molecule has 1 nitrogen and oxygen atoms in total. The van der Waals surface area contributed by atoms with Gasteiger partial charge < -0.3 is 5.11 Å². The highest BCUT2D eigenvalue weighted by Crippen LogP contribution is 2.18. The fourth-order valence-corrected chi connectivity index (χ4v) is 1.70. The number of hydrogen-bond acceptors (Lipinski definition) is 1. The summed E-state index contributed by atoms with van der Waals surface area (Å²) in [5.41, 5.74) is 1.18. The summed E-state index contributed by atoms with van der Waals surface area (Å²) in [5.74, 6) is 0.884. The highest BCUT2D eigenvalue weighted by molar-refractivity contribution is 6.20. The Bertz CT molecular complexity index is 296. The summed E-state index contributed by atoms with van der Waals surface area (Å²) < 4.78 is 0. The van der Waals surface area contributed by atoms with Crippen LogP contribution in [0.4, 0.5) is 0 Å². The minimum atomic E-state index is 0.266. The van der Waals surface area contributed by atoms with E-state index in [0.717, 1.165) is 19.3 Å². The largest absolute Gasteiger partial charge is 0.508 e. The number of hydrogen-bond donors (Lipinski definition) is 1. The van der Waals surface area contributed by atoms with Crippen molar-refractivity contribution in [3.63, 3.8) is 0 Å². The van der Waals surface area contributed by atoms with Crippen molar-refractivity contribution in [3.05, 3.63) is 29.8 Å². The van der Waals surface area contributed by atoms with Gasteiger partial charge in [0.1, 0.15) is 5.75 Å². The third kappa shape index (κ3) is 4.57. The summed E-state index contributed by atoms with van der Waals surface area (Å²) in [4.78, 5) is 0. The van der Waals surface area contributed by atoms with Gasteiger partial charge in [-0.15, -0.1) is 11.6 Å². The van der Waals surface area contributed by atoms with Crippen molar-refractivity contribution in [2.45, 2.75) is 38.5 Å². The first kappa shape index (κ1) is 12.4. The topological polar surface area (TPSA) is 20.2 Å². The van der Waals surface area contributed by atoms with Gasteiger partial charge in [0.15, 0.2) is 0 Å². The SMILES string of the molecule is CC(C)C(Cl)CCCc1cccc(O)c1. The Labute approximate surface area is 97.1 Å². The first-order valence-corrected chi connectivity index (χ1v) is 5.95. The summed E-state index contributed by atoms with van der Waals surface area (Å²) in [6, 6.07) is 7.43. The van der Waals surface area contributed by atoms with Gasteiger partial charge >= 0.3 is 0 Å². The van der Waals surface area contributed by atoms with E-state index in [1.807, 2.05) is 18.2 Å². The molecule has 84 valence electrons. The Morgan fingerprint density at radius 1 is 1.33 bits per heavy atom. The molecule has 0 aliphatic carbocycles. The number of aryl methyl sites for hydroxylation is 1. The molecule has 0 spiro atoms. The molecule has 1 unspecified atom stereocenters. The third-order valence-corrected chi connectivity index (χ3v) is 3.30. The molecule has 0 heterocycles. The zero-order valence-corrected chi connectivity index (χ0v) is 10.2. The van der Waals surface area contributed by atoms with Gasteiger partial charge in [-0.1, -0.05) is 26.0 Å². The van der Waals surface area contributed by atoms with E-state index in [1.165, 1.54) is 5.56 Å². The summed E-state index contributed by atoms with van der Waals surface area (Å²) in [7, 11) is 0. The first-order valence-electron chi connectivity index (χ1n) is 5.51. The molecule has 0 bridgehead atoms. The minimum Gasteiger partial charge on any atom is -0.508 e. The molecule has 0 radical (unpaired) electrons.